The predicted octanol–water partition coefficient (Wildman–Crippen LogP) is 2.75. The van der Waals surface area contributed by atoms with Crippen molar-refractivity contribution in [2.75, 3.05) is 12.4 Å². The fourth-order valence-electron chi connectivity index (χ4n) is 1.95. The summed E-state index contributed by atoms with van der Waals surface area (Å²) < 4.78 is 10.2. The Kier molecular flexibility index (Phi) is 5.53. The third-order valence-electron chi connectivity index (χ3n) is 3.22. The number of ether oxygens (including phenoxy) is 2. The molecule has 0 saturated carbocycles. The number of benzene rings is 2. The number of rotatable bonds is 5. The number of hydrogen-bond donors (Lipinski definition) is 1. The molecule has 0 unspecified atom stereocenters. The zero-order valence-corrected chi connectivity index (χ0v) is 13.3. The number of anilines is 1. The summed E-state index contributed by atoms with van der Waals surface area (Å²) in [5, 5.41) is 11.4. The van der Waals surface area contributed by atoms with Gasteiger partial charge in [-0.1, -0.05) is 6.07 Å². The number of nitrogens with zero attached hydrogens (tertiary/aromatic N) is 1. The second-order valence-corrected chi connectivity index (χ2v) is 4.96. The highest BCUT2D eigenvalue weighted by atomic mass is 16.5. The lowest BCUT2D eigenvalue weighted by Crippen LogP contribution is -2.30. The first-order valence-electron chi connectivity index (χ1n) is 7.19. The quantitative estimate of drug-likeness (QED) is 0.854. The van der Waals surface area contributed by atoms with Crippen molar-refractivity contribution in [1.82, 2.24) is 0 Å². The number of carbonyl (C=O) groups is 2. The smallest absolute Gasteiger partial charge is 0.337 e. The van der Waals surface area contributed by atoms with E-state index >= 15 is 0 Å². The molecule has 0 aliphatic rings. The molecule has 0 aliphatic carbocycles. The van der Waals surface area contributed by atoms with Crippen LogP contribution in [0.3, 0.4) is 0 Å². The molecule has 1 amide bonds. The Balaban J connectivity index is 2.00. The lowest BCUT2D eigenvalue weighted by atomic mass is 10.2. The van der Waals surface area contributed by atoms with Crippen LogP contribution in [0.15, 0.2) is 48.5 Å². The Morgan fingerprint density at radius 2 is 1.88 bits per heavy atom. The van der Waals surface area contributed by atoms with Crippen LogP contribution in [0.4, 0.5) is 5.69 Å². The summed E-state index contributed by atoms with van der Waals surface area (Å²) >= 11 is 0. The number of nitriles is 1. The molecule has 1 atom stereocenters. The molecule has 2 aromatic carbocycles. The van der Waals surface area contributed by atoms with Gasteiger partial charge >= 0.3 is 5.97 Å². The van der Waals surface area contributed by atoms with Gasteiger partial charge in [0.1, 0.15) is 5.75 Å². The highest BCUT2D eigenvalue weighted by molar-refractivity contribution is 5.96. The maximum absolute atomic E-state index is 12.2. The van der Waals surface area contributed by atoms with Crippen LogP contribution in [0, 0.1) is 11.3 Å². The van der Waals surface area contributed by atoms with Crippen LogP contribution < -0.4 is 10.1 Å². The third kappa shape index (κ3) is 4.34. The van der Waals surface area contributed by atoms with E-state index in [4.69, 9.17) is 10.00 Å². The second-order valence-electron chi connectivity index (χ2n) is 4.96. The van der Waals surface area contributed by atoms with Crippen LogP contribution in [0.5, 0.6) is 5.75 Å². The average Bonchev–Trinajstić information content (AvgIpc) is 2.61. The Bertz CT molecular complexity index is 778. The standard InChI is InChI=1S/C18H16N2O4/c1-12(24-16-8-6-13(11-19)7-9-16)17(21)20-15-5-3-4-14(10-15)18(22)23-2/h3-10,12H,1-2H3,(H,20,21)/t12-/m1/s1. The maximum atomic E-state index is 12.2. The van der Waals surface area contributed by atoms with Crippen molar-refractivity contribution in [2.45, 2.75) is 13.0 Å². The molecule has 0 aliphatic heterocycles. The van der Waals surface area contributed by atoms with Gasteiger partial charge in [0.2, 0.25) is 0 Å². The largest absolute Gasteiger partial charge is 0.481 e. The zero-order valence-electron chi connectivity index (χ0n) is 13.3. The van der Waals surface area contributed by atoms with Crippen molar-refractivity contribution >= 4 is 17.6 Å². The summed E-state index contributed by atoms with van der Waals surface area (Å²) in [7, 11) is 1.29. The Morgan fingerprint density at radius 1 is 1.17 bits per heavy atom. The van der Waals surface area contributed by atoms with E-state index < -0.39 is 12.1 Å². The van der Waals surface area contributed by atoms with Crippen molar-refractivity contribution in [2.24, 2.45) is 0 Å². The zero-order chi connectivity index (χ0) is 17.5. The summed E-state index contributed by atoms with van der Waals surface area (Å²) in [5.74, 6) is -0.352. The van der Waals surface area contributed by atoms with Gasteiger partial charge in [0.05, 0.1) is 24.3 Å². The molecular formula is C18H16N2O4. The van der Waals surface area contributed by atoms with E-state index in [1.807, 2.05) is 6.07 Å². The first-order valence-corrected chi connectivity index (χ1v) is 7.19. The molecule has 0 bridgehead atoms. The van der Waals surface area contributed by atoms with Crippen LogP contribution in [0.25, 0.3) is 0 Å². The Labute approximate surface area is 139 Å². The number of methoxy groups -OCH3 is 1. The van der Waals surface area contributed by atoms with E-state index in [1.165, 1.54) is 13.2 Å². The topological polar surface area (TPSA) is 88.4 Å². The summed E-state index contributed by atoms with van der Waals surface area (Å²) in [6, 6.07) is 14.9. The molecule has 24 heavy (non-hydrogen) atoms. The van der Waals surface area contributed by atoms with Crippen molar-refractivity contribution in [3.05, 3.63) is 59.7 Å². The maximum Gasteiger partial charge on any atom is 0.337 e. The summed E-state index contributed by atoms with van der Waals surface area (Å²) in [5.41, 5.74) is 1.33. The SMILES string of the molecule is COC(=O)c1cccc(NC(=O)[C@@H](C)Oc2ccc(C#N)cc2)c1. The third-order valence-corrected chi connectivity index (χ3v) is 3.22. The minimum atomic E-state index is -0.750. The molecule has 2 aromatic rings. The minimum absolute atomic E-state index is 0.343. The highest BCUT2D eigenvalue weighted by Gasteiger charge is 2.15. The van der Waals surface area contributed by atoms with Gasteiger partial charge in [-0.25, -0.2) is 4.79 Å². The molecule has 0 fully saturated rings. The van der Waals surface area contributed by atoms with Crippen molar-refractivity contribution in [3.8, 4) is 11.8 Å². The van der Waals surface area contributed by atoms with Gasteiger partial charge in [0.15, 0.2) is 6.10 Å². The van der Waals surface area contributed by atoms with E-state index in [-0.39, 0.29) is 5.91 Å². The minimum Gasteiger partial charge on any atom is -0.481 e. The number of carbonyl (C=O) groups excluding carboxylic acids is 2. The number of esters is 1. The van der Waals surface area contributed by atoms with Gasteiger partial charge in [-0.05, 0) is 49.4 Å². The summed E-state index contributed by atoms with van der Waals surface area (Å²) in [6.45, 7) is 1.61. The average molecular weight is 324 g/mol. The van der Waals surface area contributed by atoms with Gasteiger partial charge < -0.3 is 14.8 Å². The Morgan fingerprint density at radius 3 is 2.50 bits per heavy atom. The molecule has 0 heterocycles. The number of hydrogen-bond acceptors (Lipinski definition) is 5. The van der Waals surface area contributed by atoms with E-state index in [0.29, 0.717) is 22.6 Å². The van der Waals surface area contributed by atoms with E-state index in [1.54, 1.807) is 49.4 Å². The van der Waals surface area contributed by atoms with Crippen molar-refractivity contribution in [3.63, 3.8) is 0 Å². The van der Waals surface area contributed by atoms with Gasteiger partial charge in [-0.2, -0.15) is 5.26 Å². The van der Waals surface area contributed by atoms with Crippen LogP contribution in [0.1, 0.15) is 22.8 Å². The predicted molar refractivity (Wildman–Crippen MR) is 87.7 cm³/mol. The summed E-state index contributed by atoms with van der Waals surface area (Å²) in [4.78, 5) is 23.7. The normalized spacial score (nSPS) is 11.0. The highest BCUT2D eigenvalue weighted by Crippen LogP contribution is 2.15. The van der Waals surface area contributed by atoms with Gasteiger partial charge in [0, 0.05) is 5.69 Å². The lowest BCUT2D eigenvalue weighted by molar-refractivity contribution is -0.122. The molecule has 1 N–H and O–H groups in total. The van der Waals surface area contributed by atoms with E-state index in [2.05, 4.69) is 10.1 Å². The lowest BCUT2D eigenvalue weighted by Gasteiger charge is -2.15. The van der Waals surface area contributed by atoms with Crippen molar-refractivity contribution < 1.29 is 19.1 Å². The molecule has 6 heteroatoms. The Hall–Kier alpha value is -3.33. The first kappa shape index (κ1) is 17.0. The number of nitrogens with one attached hydrogen (secondary N) is 1. The van der Waals surface area contributed by atoms with Crippen LogP contribution in [-0.4, -0.2) is 25.1 Å². The molecule has 0 aromatic heterocycles. The van der Waals surface area contributed by atoms with Crippen LogP contribution >= 0.6 is 0 Å². The van der Waals surface area contributed by atoms with Gasteiger partial charge in [0.25, 0.3) is 5.91 Å². The molecule has 0 radical (unpaired) electrons. The van der Waals surface area contributed by atoms with E-state index in [0.717, 1.165) is 0 Å². The monoisotopic (exact) mass is 324 g/mol. The molecule has 122 valence electrons. The summed E-state index contributed by atoms with van der Waals surface area (Å²) in [6.07, 6.45) is -0.750. The molecule has 0 spiro atoms. The van der Waals surface area contributed by atoms with Gasteiger partial charge in [-0.3, -0.25) is 4.79 Å². The molecule has 6 nitrogen and oxygen atoms in total. The molecular weight excluding hydrogens is 308 g/mol. The second kappa shape index (κ2) is 7.79. The molecule has 2 rings (SSSR count). The first-order chi connectivity index (χ1) is 11.5. The van der Waals surface area contributed by atoms with Crippen LogP contribution in [-0.2, 0) is 9.53 Å². The van der Waals surface area contributed by atoms with Crippen molar-refractivity contribution in [1.29, 1.82) is 5.26 Å². The van der Waals surface area contributed by atoms with E-state index in [9.17, 15) is 9.59 Å². The fourth-order valence-corrected chi connectivity index (χ4v) is 1.95. The van der Waals surface area contributed by atoms with Gasteiger partial charge in [-0.15, -0.1) is 0 Å². The number of amides is 1. The fraction of sp³-hybridized carbons (Fsp3) is 0.167. The molecule has 0 saturated heterocycles. The van der Waals surface area contributed by atoms with Crippen LogP contribution in [0.2, 0.25) is 0 Å².